The Morgan fingerprint density at radius 3 is 2.00 bits per heavy atom. The van der Waals surface area contributed by atoms with Crippen molar-refractivity contribution in [3.8, 4) is 9.97 Å². The second-order valence-electron chi connectivity index (χ2n) is 0.344. The fourth-order valence-corrected chi connectivity index (χ4v) is 0. The van der Waals surface area contributed by atoms with Crippen LogP contribution >= 0.6 is 11.6 Å². The molecule has 0 radical (unpaired) electrons. The standard InChI is InChI=1S/C2Cl.Li/c1-2-3;. The van der Waals surface area contributed by atoms with Crippen LogP contribution in [0.15, 0.2) is 0 Å². The molecule has 0 saturated carbocycles. The van der Waals surface area contributed by atoms with E-state index in [2.05, 4.69) is 9.97 Å². The molecule has 0 heterocycles. The molecule has 0 aliphatic carbocycles. The summed E-state index contributed by atoms with van der Waals surface area (Å²) in [5.41, 5.74) is 0. The van der Waals surface area contributed by atoms with Gasteiger partial charge >= 0.3 is 39.3 Å². The first-order valence-electron chi connectivity index (χ1n) is 0.939. The van der Waals surface area contributed by atoms with E-state index in [0.717, 1.165) is 0 Å². The van der Waals surface area contributed by atoms with Crippen LogP contribution in [0.1, 0.15) is 0 Å². The third-order valence-corrected chi connectivity index (χ3v) is 0.283. The van der Waals surface area contributed by atoms with E-state index in [9.17, 15) is 0 Å². The quantitative estimate of drug-likeness (QED) is 0.282. The molecular weight excluding hydrogens is 66.4 g/mol. The van der Waals surface area contributed by atoms with Gasteiger partial charge in [0.2, 0.25) is 0 Å². The van der Waals surface area contributed by atoms with Gasteiger partial charge in [-0.15, -0.1) is 0 Å². The summed E-state index contributed by atoms with van der Waals surface area (Å²) in [7, 11) is 0. The van der Waals surface area contributed by atoms with Gasteiger partial charge in [-0.25, -0.2) is 0 Å². The summed E-state index contributed by atoms with van der Waals surface area (Å²) >= 11 is 6.51. The van der Waals surface area contributed by atoms with Gasteiger partial charge in [0.15, 0.2) is 0 Å². The molecule has 0 aromatic carbocycles. The monoisotopic (exact) mass is 66.0 g/mol. The Hall–Kier alpha value is 0.447. The SMILES string of the molecule is [Li][C]#CCl. The molecule has 0 aromatic heterocycles. The Balaban J connectivity index is 2.83. The topological polar surface area (TPSA) is 0 Å². The normalized spacial score (nSPS) is 3.75. The fourth-order valence-electron chi connectivity index (χ4n) is 0. The molecule has 16 valence electrons. The van der Waals surface area contributed by atoms with E-state index in [4.69, 9.17) is 11.6 Å². The maximum absolute atomic E-state index is 4.82. The van der Waals surface area contributed by atoms with Gasteiger partial charge in [0.25, 0.3) is 0 Å². The minimum atomic E-state index is 1.69. The van der Waals surface area contributed by atoms with Gasteiger partial charge in [-0.05, 0) is 0 Å². The van der Waals surface area contributed by atoms with E-state index < -0.39 is 0 Å². The van der Waals surface area contributed by atoms with Crippen molar-refractivity contribution in [3.05, 3.63) is 0 Å². The van der Waals surface area contributed by atoms with Gasteiger partial charge in [-0.3, -0.25) is 0 Å². The van der Waals surface area contributed by atoms with Gasteiger partial charge in [0, 0.05) is 0 Å². The Morgan fingerprint density at radius 2 is 2.00 bits per heavy atom. The van der Waals surface area contributed by atoms with Gasteiger partial charge < -0.3 is 0 Å². The molecule has 0 saturated heterocycles. The molecule has 0 atom stereocenters. The first kappa shape index (κ1) is 4.45. The van der Waals surface area contributed by atoms with Crippen LogP contribution in [-0.2, 0) is 0 Å². The zero-order valence-electron chi connectivity index (χ0n) is 2.38. The Morgan fingerprint density at radius 1 is 1.75 bits per heavy atom. The molecule has 0 fully saturated rings. The Labute approximate surface area is 39.7 Å². The third kappa shape index (κ3) is 2.45. The number of hydrogen-bond acceptors (Lipinski definition) is 0. The second kappa shape index (κ2) is 3.45. The molecule has 0 spiro atoms. The zero-order valence-corrected chi connectivity index (χ0v) is 3.13. The van der Waals surface area contributed by atoms with Gasteiger partial charge in [0.1, 0.15) is 0 Å². The van der Waals surface area contributed by atoms with E-state index in [0.29, 0.717) is 0 Å². The summed E-state index contributed by atoms with van der Waals surface area (Å²) in [4.78, 5) is 0. The summed E-state index contributed by atoms with van der Waals surface area (Å²) in [6.45, 7) is 0. The second-order valence-corrected chi connectivity index (χ2v) is 0.533. The maximum atomic E-state index is 4.82. The van der Waals surface area contributed by atoms with E-state index in [1.165, 1.54) is 0 Å². The molecule has 0 rings (SSSR count). The van der Waals surface area contributed by atoms with Crippen molar-refractivity contribution in [2.24, 2.45) is 0 Å². The minimum absolute atomic E-state index is 1.69. The Kier molecular flexibility index (Phi) is 3.83. The van der Waals surface area contributed by atoms with Crippen molar-refractivity contribution in [2.45, 2.75) is 0 Å². The summed E-state index contributed by atoms with van der Waals surface area (Å²) < 4.78 is 2.45. The molecule has 0 aromatic rings. The summed E-state index contributed by atoms with van der Waals surface area (Å²) in [6.07, 6.45) is 0. The van der Waals surface area contributed by atoms with E-state index >= 15 is 0 Å². The molecule has 0 nitrogen and oxygen atoms in total. The fraction of sp³-hybridized carbons (Fsp3) is 0. The molecule has 2 heteroatoms. The summed E-state index contributed by atoms with van der Waals surface area (Å²) in [5.74, 6) is 0. The number of hydrogen-bond donors (Lipinski definition) is 0. The van der Waals surface area contributed by atoms with Crippen LogP contribution in [0, 0.1) is 9.97 Å². The predicted molar refractivity (Wildman–Crippen MR) is 19.4 cm³/mol. The van der Waals surface area contributed by atoms with Crippen molar-refractivity contribution in [1.82, 2.24) is 0 Å². The molecule has 0 unspecified atom stereocenters. The van der Waals surface area contributed by atoms with Crippen molar-refractivity contribution >= 4 is 29.3 Å². The van der Waals surface area contributed by atoms with Crippen LogP contribution in [0.5, 0.6) is 0 Å². The van der Waals surface area contributed by atoms with Gasteiger partial charge in [-0.1, -0.05) is 0 Å². The molecule has 4 heavy (non-hydrogen) atoms. The first-order chi connectivity index (χ1) is 1.91. The molecule has 0 aliphatic rings. The van der Waals surface area contributed by atoms with Crippen molar-refractivity contribution in [3.63, 3.8) is 0 Å². The molecule has 0 aliphatic heterocycles. The van der Waals surface area contributed by atoms with Crippen molar-refractivity contribution < 1.29 is 0 Å². The molecule has 0 bridgehead atoms. The van der Waals surface area contributed by atoms with Crippen LogP contribution in [0.3, 0.4) is 0 Å². The summed E-state index contributed by atoms with van der Waals surface area (Å²) in [6, 6.07) is 0. The van der Waals surface area contributed by atoms with Crippen LogP contribution < -0.4 is 0 Å². The van der Waals surface area contributed by atoms with Crippen LogP contribution in [-0.4, -0.2) is 17.7 Å². The summed E-state index contributed by atoms with van der Waals surface area (Å²) in [5, 5.41) is 2.15. The van der Waals surface area contributed by atoms with Crippen LogP contribution in [0.2, 0.25) is 0 Å². The molecule has 0 amide bonds. The average Bonchev–Trinajstić information content (AvgIpc) is 1.37. The number of rotatable bonds is 0. The zero-order chi connectivity index (χ0) is 3.41. The third-order valence-electron chi connectivity index (χ3n) is 0.0945. The Bertz CT molecular complexity index is 42.8. The number of halogens is 1. The van der Waals surface area contributed by atoms with Crippen molar-refractivity contribution in [2.75, 3.05) is 0 Å². The van der Waals surface area contributed by atoms with Gasteiger partial charge in [-0.2, -0.15) is 0 Å². The molecular formula is C2ClLi. The average molecular weight is 66.4 g/mol. The van der Waals surface area contributed by atoms with E-state index in [1.807, 2.05) is 0 Å². The molecule has 0 N–H and O–H groups in total. The van der Waals surface area contributed by atoms with Crippen LogP contribution in [0.25, 0.3) is 0 Å². The first-order valence-corrected chi connectivity index (χ1v) is 1.32. The van der Waals surface area contributed by atoms with Crippen LogP contribution in [0.4, 0.5) is 0 Å². The van der Waals surface area contributed by atoms with Gasteiger partial charge in [0.05, 0.1) is 0 Å². The van der Waals surface area contributed by atoms with E-state index in [-0.39, 0.29) is 0 Å². The predicted octanol–water partition coefficient (Wildman–Crippen LogP) is 0.312. The van der Waals surface area contributed by atoms with E-state index in [1.54, 1.807) is 17.7 Å². The van der Waals surface area contributed by atoms with Crippen molar-refractivity contribution in [1.29, 1.82) is 0 Å².